The highest BCUT2D eigenvalue weighted by Crippen LogP contribution is 2.21. The number of likely N-dealkylation sites (N-methyl/N-ethyl adjacent to an activating group) is 1. The Morgan fingerprint density at radius 1 is 1.47 bits per heavy atom. The Morgan fingerprint density at radius 3 is 2.67 bits per heavy atom. The molecule has 0 aromatic carbocycles. The Kier molecular flexibility index (Phi) is 6.17. The number of hydrogen-bond donors (Lipinski definition) is 1. The second-order valence-corrected chi connectivity index (χ2v) is 4.23. The van der Waals surface area contributed by atoms with Gasteiger partial charge < -0.3 is 15.2 Å². The zero-order valence-electron chi connectivity index (χ0n) is 9.95. The lowest BCUT2D eigenvalue weighted by Crippen LogP contribution is -2.46. The van der Waals surface area contributed by atoms with Gasteiger partial charge in [0.25, 0.3) is 0 Å². The first kappa shape index (κ1) is 12.9. The molecule has 2 N–H and O–H groups in total. The summed E-state index contributed by atoms with van der Waals surface area (Å²) in [4.78, 5) is 2.32. The lowest BCUT2D eigenvalue weighted by atomic mass is 9.91. The predicted molar refractivity (Wildman–Crippen MR) is 60.9 cm³/mol. The van der Waals surface area contributed by atoms with Crippen molar-refractivity contribution in [2.75, 3.05) is 47.1 Å². The van der Waals surface area contributed by atoms with Gasteiger partial charge in [-0.1, -0.05) is 0 Å². The van der Waals surface area contributed by atoms with Gasteiger partial charge in [0.2, 0.25) is 0 Å². The quantitative estimate of drug-likeness (QED) is 0.694. The molecule has 1 rings (SSSR count). The van der Waals surface area contributed by atoms with Crippen molar-refractivity contribution in [3.8, 4) is 0 Å². The molecule has 1 fully saturated rings. The first-order valence-electron chi connectivity index (χ1n) is 5.76. The topological polar surface area (TPSA) is 47.7 Å². The van der Waals surface area contributed by atoms with Crippen LogP contribution < -0.4 is 5.73 Å². The Hall–Kier alpha value is -0.160. The van der Waals surface area contributed by atoms with Gasteiger partial charge in [0.1, 0.15) is 0 Å². The Morgan fingerprint density at radius 2 is 2.13 bits per heavy atom. The number of rotatable bonds is 6. The van der Waals surface area contributed by atoms with Gasteiger partial charge in [0.05, 0.1) is 6.61 Å². The van der Waals surface area contributed by atoms with Crippen LogP contribution in [-0.4, -0.2) is 58.0 Å². The molecule has 15 heavy (non-hydrogen) atoms. The highest BCUT2D eigenvalue weighted by Gasteiger charge is 2.25. The molecule has 0 saturated carbocycles. The predicted octanol–water partition coefficient (Wildman–Crippen LogP) is 0.319. The highest BCUT2D eigenvalue weighted by molar-refractivity contribution is 4.80. The molecule has 90 valence electrons. The zero-order valence-corrected chi connectivity index (χ0v) is 9.95. The van der Waals surface area contributed by atoms with E-state index in [1.807, 2.05) is 0 Å². The van der Waals surface area contributed by atoms with E-state index in [0.29, 0.717) is 12.0 Å². The van der Waals surface area contributed by atoms with Crippen LogP contribution in [-0.2, 0) is 9.47 Å². The average Bonchev–Trinajstić information content (AvgIpc) is 2.29. The van der Waals surface area contributed by atoms with E-state index in [1.54, 1.807) is 7.11 Å². The van der Waals surface area contributed by atoms with Crippen molar-refractivity contribution in [3.05, 3.63) is 0 Å². The van der Waals surface area contributed by atoms with Gasteiger partial charge in [0, 0.05) is 39.5 Å². The summed E-state index contributed by atoms with van der Waals surface area (Å²) in [6, 6.07) is 0.476. The van der Waals surface area contributed by atoms with E-state index in [0.717, 1.165) is 45.8 Å². The maximum Gasteiger partial charge on any atom is 0.0589 e. The number of nitrogens with zero attached hydrogens (tertiary/aromatic N) is 1. The highest BCUT2D eigenvalue weighted by atomic mass is 16.5. The largest absolute Gasteiger partial charge is 0.383 e. The number of methoxy groups -OCH3 is 1. The fourth-order valence-corrected chi connectivity index (χ4v) is 2.23. The van der Waals surface area contributed by atoms with Crippen molar-refractivity contribution in [1.82, 2.24) is 4.90 Å². The standard InChI is InChI=1S/C11H24N2O2/c1-13(5-8-14-2)11(9-12)10-3-6-15-7-4-10/h10-11H,3-9,12H2,1-2H3. The summed E-state index contributed by atoms with van der Waals surface area (Å²) in [5.74, 6) is 0.686. The van der Waals surface area contributed by atoms with Crippen molar-refractivity contribution >= 4 is 0 Å². The summed E-state index contributed by atoms with van der Waals surface area (Å²) in [5.41, 5.74) is 5.85. The summed E-state index contributed by atoms with van der Waals surface area (Å²) < 4.78 is 10.5. The van der Waals surface area contributed by atoms with E-state index >= 15 is 0 Å². The molecule has 0 aliphatic carbocycles. The molecule has 1 aliphatic heterocycles. The maximum atomic E-state index is 5.85. The van der Waals surface area contributed by atoms with E-state index in [1.165, 1.54) is 0 Å². The van der Waals surface area contributed by atoms with E-state index in [2.05, 4.69) is 11.9 Å². The van der Waals surface area contributed by atoms with Crippen molar-refractivity contribution in [1.29, 1.82) is 0 Å². The van der Waals surface area contributed by atoms with Gasteiger partial charge in [-0.15, -0.1) is 0 Å². The van der Waals surface area contributed by atoms with Gasteiger partial charge in [-0.2, -0.15) is 0 Å². The van der Waals surface area contributed by atoms with Crippen LogP contribution >= 0.6 is 0 Å². The lowest BCUT2D eigenvalue weighted by Gasteiger charge is -2.35. The van der Waals surface area contributed by atoms with Crippen LogP contribution in [0.4, 0.5) is 0 Å². The molecule has 1 atom stereocenters. The Labute approximate surface area is 92.7 Å². The molecular formula is C11H24N2O2. The van der Waals surface area contributed by atoms with Crippen molar-refractivity contribution in [2.24, 2.45) is 11.7 Å². The van der Waals surface area contributed by atoms with Crippen LogP contribution in [0.2, 0.25) is 0 Å². The van der Waals surface area contributed by atoms with E-state index < -0.39 is 0 Å². The van der Waals surface area contributed by atoms with Gasteiger partial charge >= 0.3 is 0 Å². The average molecular weight is 216 g/mol. The van der Waals surface area contributed by atoms with E-state index in [9.17, 15) is 0 Å². The summed E-state index contributed by atoms with van der Waals surface area (Å²) in [6.45, 7) is 4.23. The van der Waals surface area contributed by atoms with E-state index in [-0.39, 0.29) is 0 Å². The molecule has 0 amide bonds. The van der Waals surface area contributed by atoms with Crippen LogP contribution in [0.25, 0.3) is 0 Å². The lowest BCUT2D eigenvalue weighted by molar-refractivity contribution is 0.0284. The molecule has 1 saturated heterocycles. The SMILES string of the molecule is COCCN(C)C(CN)C1CCOCC1. The third-order valence-corrected chi connectivity index (χ3v) is 3.27. The summed E-state index contributed by atoms with van der Waals surface area (Å²) >= 11 is 0. The van der Waals surface area contributed by atoms with Gasteiger partial charge in [-0.05, 0) is 25.8 Å². The molecule has 0 radical (unpaired) electrons. The summed E-state index contributed by atoms with van der Waals surface area (Å²) in [5, 5.41) is 0. The van der Waals surface area contributed by atoms with Crippen molar-refractivity contribution in [3.63, 3.8) is 0 Å². The molecule has 1 aliphatic rings. The number of nitrogens with two attached hydrogens (primary N) is 1. The van der Waals surface area contributed by atoms with Gasteiger partial charge in [0.15, 0.2) is 0 Å². The Balaban J connectivity index is 2.37. The monoisotopic (exact) mass is 216 g/mol. The number of hydrogen-bond acceptors (Lipinski definition) is 4. The van der Waals surface area contributed by atoms with Crippen molar-refractivity contribution < 1.29 is 9.47 Å². The summed E-state index contributed by atoms with van der Waals surface area (Å²) in [6.07, 6.45) is 2.28. The van der Waals surface area contributed by atoms with Crippen LogP contribution in [0.5, 0.6) is 0 Å². The summed E-state index contributed by atoms with van der Waals surface area (Å²) in [7, 11) is 3.87. The first-order valence-corrected chi connectivity index (χ1v) is 5.76. The number of ether oxygens (including phenoxy) is 2. The molecule has 0 aromatic rings. The molecule has 0 aromatic heterocycles. The normalized spacial score (nSPS) is 20.8. The minimum atomic E-state index is 0.476. The van der Waals surface area contributed by atoms with Crippen LogP contribution in [0.15, 0.2) is 0 Å². The smallest absolute Gasteiger partial charge is 0.0589 e. The molecular weight excluding hydrogens is 192 g/mol. The van der Waals surface area contributed by atoms with Gasteiger partial charge in [-0.3, -0.25) is 4.90 Å². The third kappa shape index (κ3) is 4.07. The zero-order chi connectivity index (χ0) is 11.1. The van der Waals surface area contributed by atoms with Gasteiger partial charge in [-0.25, -0.2) is 0 Å². The van der Waals surface area contributed by atoms with Crippen LogP contribution in [0.3, 0.4) is 0 Å². The third-order valence-electron chi connectivity index (χ3n) is 3.27. The van der Waals surface area contributed by atoms with Crippen LogP contribution in [0, 0.1) is 5.92 Å². The van der Waals surface area contributed by atoms with Crippen molar-refractivity contribution in [2.45, 2.75) is 18.9 Å². The van der Waals surface area contributed by atoms with E-state index in [4.69, 9.17) is 15.2 Å². The second kappa shape index (κ2) is 7.17. The molecule has 1 unspecified atom stereocenters. The fourth-order valence-electron chi connectivity index (χ4n) is 2.23. The van der Waals surface area contributed by atoms with Crippen LogP contribution in [0.1, 0.15) is 12.8 Å². The Bertz CT molecular complexity index is 161. The molecule has 1 heterocycles. The maximum absolute atomic E-state index is 5.85. The molecule has 0 bridgehead atoms. The second-order valence-electron chi connectivity index (χ2n) is 4.23. The fraction of sp³-hybridized carbons (Fsp3) is 1.00. The molecule has 0 spiro atoms. The minimum Gasteiger partial charge on any atom is -0.383 e. The molecule has 4 heteroatoms. The first-order chi connectivity index (χ1) is 7.29. The molecule has 4 nitrogen and oxygen atoms in total. The minimum absolute atomic E-state index is 0.476.